The van der Waals surface area contributed by atoms with E-state index < -0.39 is 0 Å². The standard InChI is InChI=1S/C55H106N/c1-4-7-10-13-16-19-22-24-26-28-30-32-35-38-41-47-52-56(54-55-49-44-43-45-50-55,51-46-40-37-34-21-18-15-12-9-6-3)53-48-42-39-36-33-31-29-27-25-23-20-17-14-11-8-5-2/h43-45,49-50H,4-42,46-48,51-54H2,1-3H3/q+1. The normalized spacial score (nSPS) is 11.9. The van der Waals surface area contributed by atoms with Gasteiger partial charge in [0.2, 0.25) is 0 Å². The van der Waals surface area contributed by atoms with Crippen LogP contribution in [0, 0.1) is 0 Å². The molecule has 0 fully saturated rings. The summed E-state index contributed by atoms with van der Waals surface area (Å²) in [5.74, 6) is 0. The van der Waals surface area contributed by atoms with Crippen molar-refractivity contribution in [3.8, 4) is 0 Å². The maximum atomic E-state index is 2.42. The second-order valence-electron chi connectivity index (χ2n) is 18.9. The smallest absolute Gasteiger partial charge is 0.104 e. The number of hydrogen-bond donors (Lipinski definition) is 0. The molecule has 0 radical (unpaired) electrons. The fourth-order valence-electron chi connectivity index (χ4n) is 9.47. The lowest BCUT2D eigenvalue weighted by Crippen LogP contribution is -2.49. The van der Waals surface area contributed by atoms with Crippen molar-refractivity contribution in [3.05, 3.63) is 35.9 Å². The van der Waals surface area contributed by atoms with E-state index in [1.165, 1.54) is 300 Å². The van der Waals surface area contributed by atoms with Crippen molar-refractivity contribution in [2.45, 2.75) is 297 Å². The summed E-state index contributed by atoms with van der Waals surface area (Å²) in [6.45, 7) is 12.4. The molecule has 56 heavy (non-hydrogen) atoms. The molecule has 1 nitrogen and oxygen atoms in total. The zero-order valence-corrected chi connectivity index (χ0v) is 39.4. The minimum Gasteiger partial charge on any atom is -0.320 e. The van der Waals surface area contributed by atoms with Gasteiger partial charge in [-0.3, -0.25) is 0 Å². The van der Waals surface area contributed by atoms with E-state index in [4.69, 9.17) is 0 Å². The van der Waals surface area contributed by atoms with Crippen molar-refractivity contribution >= 4 is 0 Å². The Balaban J connectivity index is 2.44. The van der Waals surface area contributed by atoms with Gasteiger partial charge in [0.15, 0.2) is 0 Å². The predicted molar refractivity (Wildman–Crippen MR) is 256 cm³/mol. The fraction of sp³-hybridized carbons (Fsp3) is 0.891. The lowest BCUT2D eigenvalue weighted by Gasteiger charge is -2.39. The van der Waals surface area contributed by atoms with Gasteiger partial charge in [0.25, 0.3) is 0 Å². The van der Waals surface area contributed by atoms with Crippen molar-refractivity contribution in [1.29, 1.82) is 0 Å². The number of hydrogen-bond acceptors (Lipinski definition) is 0. The van der Waals surface area contributed by atoms with Crippen LogP contribution in [0.2, 0.25) is 0 Å². The molecule has 0 unspecified atom stereocenters. The molecule has 0 saturated carbocycles. The Kier molecular flexibility index (Phi) is 41.6. The van der Waals surface area contributed by atoms with E-state index in [1.807, 2.05) is 0 Å². The molecule has 0 spiro atoms. The largest absolute Gasteiger partial charge is 0.320 e. The monoisotopic (exact) mass is 781 g/mol. The van der Waals surface area contributed by atoms with Gasteiger partial charge in [-0.15, -0.1) is 0 Å². The van der Waals surface area contributed by atoms with Gasteiger partial charge >= 0.3 is 0 Å². The molecule has 1 aromatic rings. The van der Waals surface area contributed by atoms with Crippen LogP contribution in [0.3, 0.4) is 0 Å². The molecule has 0 amide bonds. The van der Waals surface area contributed by atoms with Gasteiger partial charge < -0.3 is 4.48 Å². The molecular formula is C55H106N+. The van der Waals surface area contributed by atoms with Crippen LogP contribution in [0.4, 0.5) is 0 Å². The zero-order valence-electron chi connectivity index (χ0n) is 39.4. The Morgan fingerprint density at radius 1 is 0.250 bits per heavy atom. The molecule has 0 aliphatic carbocycles. The molecule has 1 aromatic carbocycles. The molecule has 0 aliphatic rings. The van der Waals surface area contributed by atoms with E-state index in [9.17, 15) is 0 Å². The van der Waals surface area contributed by atoms with Crippen molar-refractivity contribution < 1.29 is 4.48 Å². The fourth-order valence-corrected chi connectivity index (χ4v) is 9.47. The summed E-state index contributed by atoms with van der Waals surface area (Å²) in [5, 5.41) is 0. The number of quaternary nitrogens is 1. The van der Waals surface area contributed by atoms with E-state index in [0.29, 0.717) is 0 Å². The zero-order chi connectivity index (χ0) is 40.1. The van der Waals surface area contributed by atoms with E-state index in [0.717, 1.165) is 0 Å². The van der Waals surface area contributed by atoms with Crippen LogP contribution >= 0.6 is 0 Å². The average Bonchev–Trinajstić information content (AvgIpc) is 3.21. The van der Waals surface area contributed by atoms with Crippen LogP contribution in [0.25, 0.3) is 0 Å². The summed E-state index contributed by atoms with van der Waals surface area (Å²) < 4.78 is 1.36. The Hall–Kier alpha value is -0.820. The minimum absolute atomic E-state index is 1.26. The number of unbranched alkanes of at least 4 members (excludes halogenated alkanes) is 39. The Morgan fingerprint density at radius 2 is 0.446 bits per heavy atom. The molecule has 0 saturated heterocycles. The summed E-state index contributed by atoms with van der Waals surface area (Å²) in [4.78, 5) is 0. The van der Waals surface area contributed by atoms with Gasteiger partial charge in [-0.2, -0.15) is 0 Å². The van der Waals surface area contributed by atoms with Gasteiger partial charge in [-0.05, 0) is 38.5 Å². The summed E-state index contributed by atoms with van der Waals surface area (Å²) in [5.41, 5.74) is 1.58. The van der Waals surface area contributed by atoms with Crippen LogP contribution in [-0.2, 0) is 6.54 Å². The first-order chi connectivity index (χ1) is 27.8. The van der Waals surface area contributed by atoms with Crippen molar-refractivity contribution in [3.63, 3.8) is 0 Å². The lowest BCUT2D eigenvalue weighted by molar-refractivity contribution is -0.941. The number of nitrogens with zero attached hydrogens (tertiary/aromatic N) is 1. The molecule has 0 heterocycles. The summed E-state index contributed by atoms with van der Waals surface area (Å²) in [6, 6.07) is 11.6. The third-order valence-corrected chi connectivity index (χ3v) is 13.3. The van der Waals surface area contributed by atoms with E-state index in [2.05, 4.69) is 51.1 Å². The Morgan fingerprint density at radius 3 is 0.661 bits per heavy atom. The van der Waals surface area contributed by atoms with Crippen molar-refractivity contribution in [2.75, 3.05) is 19.6 Å². The first-order valence-corrected chi connectivity index (χ1v) is 26.7. The molecule has 1 rings (SSSR count). The number of rotatable bonds is 47. The maximum absolute atomic E-state index is 2.42. The molecular weight excluding hydrogens is 675 g/mol. The second-order valence-corrected chi connectivity index (χ2v) is 18.9. The molecule has 0 aromatic heterocycles. The lowest BCUT2D eigenvalue weighted by atomic mass is 10.0. The molecule has 1 heteroatoms. The highest BCUT2D eigenvalue weighted by atomic mass is 15.3. The first kappa shape index (κ1) is 53.2. The highest BCUT2D eigenvalue weighted by molar-refractivity contribution is 5.13. The molecule has 330 valence electrons. The summed E-state index contributed by atoms with van der Waals surface area (Å²) in [7, 11) is 0. The second kappa shape index (κ2) is 43.8. The van der Waals surface area contributed by atoms with Gasteiger partial charge in [-0.25, -0.2) is 0 Å². The van der Waals surface area contributed by atoms with Gasteiger partial charge in [0, 0.05) is 5.56 Å². The van der Waals surface area contributed by atoms with Crippen LogP contribution in [0.5, 0.6) is 0 Å². The Bertz CT molecular complexity index is 810. The van der Waals surface area contributed by atoms with E-state index in [1.54, 1.807) is 5.56 Å². The highest BCUT2D eigenvalue weighted by Gasteiger charge is 2.26. The predicted octanol–water partition coefficient (Wildman–Crippen LogP) is 19.4. The van der Waals surface area contributed by atoms with Gasteiger partial charge in [0.1, 0.15) is 6.54 Å². The van der Waals surface area contributed by atoms with Crippen LogP contribution in [0.1, 0.15) is 296 Å². The average molecular weight is 781 g/mol. The Labute approximate surface area is 355 Å². The summed E-state index contributed by atoms with van der Waals surface area (Å²) >= 11 is 0. The van der Waals surface area contributed by atoms with Gasteiger partial charge in [-0.1, -0.05) is 282 Å². The molecule has 0 N–H and O–H groups in total. The minimum atomic E-state index is 1.26. The van der Waals surface area contributed by atoms with Gasteiger partial charge in [0.05, 0.1) is 19.6 Å². The molecule has 0 bridgehead atoms. The van der Waals surface area contributed by atoms with E-state index >= 15 is 0 Å². The third-order valence-electron chi connectivity index (χ3n) is 13.3. The third kappa shape index (κ3) is 36.3. The highest BCUT2D eigenvalue weighted by Crippen LogP contribution is 2.23. The number of benzene rings is 1. The van der Waals surface area contributed by atoms with E-state index in [-0.39, 0.29) is 0 Å². The topological polar surface area (TPSA) is 0 Å². The van der Waals surface area contributed by atoms with Crippen LogP contribution in [0.15, 0.2) is 30.3 Å². The first-order valence-electron chi connectivity index (χ1n) is 26.7. The SMILES string of the molecule is CCCCCCCCCCCCCCCCCC[N+](CCCCCCCCCCCC)(CCCCCCCCCCCCCCCCCC)Cc1ccccc1. The molecule has 0 atom stereocenters. The van der Waals surface area contributed by atoms with Crippen molar-refractivity contribution in [1.82, 2.24) is 0 Å². The van der Waals surface area contributed by atoms with Crippen LogP contribution in [-0.4, -0.2) is 24.1 Å². The quantitative estimate of drug-likeness (QED) is 0.0456. The van der Waals surface area contributed by atoms with Crippen molar-refractivity contribution in [2.24, 2.45) is 0 Å². The molecule has 0 aliphatic heterocycles. The maximum Gasteiger partial charge on any atom is 0.104 e. The summed E-state index contributed by atoms with van der Waals surface area (Å²) in [6.07, 6.45) is 61.2. The van der Waals surface area contributed by atoms with Crippen LogP contribution < -0.4 is 0 Å².